The summed E-state index contributed by atoms with van der Waals surface area (Å²) in [5.74, 6) is 0. The molecule has 2 N–H and O–H groups in total. The number of rotatable bonds is 5. The van der Waals surface area contributed by atoms with Crippen molar-refractivity contribution in [2.75, 3.05) is 18.5 Å². The standard InChI is InChI=1S/C17H21ClN2/c1-13-4-3-5-16(12-13)20(2)11-10-17(19)14-6-8-15(18)9-7-14/h3-9,12,17H,10-11,19H2,1-2H3. The summed E-state index contributed by atoms with van der Waals surface area (Å²) in [6, 6.07) is 16.3. The molecule has 2 aromatic rings. The van der Waals surface area contributed by atoms with Gasteiger partial charge in [-0.2, -0.15) is 0 Å². The molecule has 0 radical (unpaired) electrons. The lowest BCUT2D eigenvalue weighted by molar-refractivity contribution is 0.645. The number of nitrogens with two attached hydrogens (primary N) is 1. The van der Waals surface area contributed by atoms with Crippen LogP contribution in [-0.2, 0) is 0 Å². The number of hydrogen-bond donors (Lipinski definition) is 1. The summed E-state index contributed by atoms with van der Waals surface area (Å²) in [5.41, 5.74) is 9.87. The molecular formula is C17H21ClN2. The van der Waals surface area contributed by atoms with E-state index in [2.05, 4.69) is 43.1 Å². The van der Waals surface area contributed by atoms with Gasteiger partial charge in [0.15, 0.2) is 0 Å². The van der Waals surface area contributed by atoms with Crippen molar-refractivity contribution in [2.24, 2.45) is 5.73 Å². The molecule has 0 aliphatic rings. The van der Waals surface area contributed by atoms with Crippen LogP contribution in [0.15, 0.2) is 48.5 Å². The van der Waals surface area contributed by atoms with Crippen LogP contribution >= 0.6 is 11.6 Å². The number of anilines is 1. The zero-order valence-corrected chi connectivity index (χ0v) is 12.8. The largest absolute Gasteiger partial charge is 0.375 e. The minimum Gasteiger partial charge on any atom is -0.375 e. The van der Waals surface area contributed by atoms with E-state index in [1.54, 1.807) is 0 Å². The fourth-order valence-corrected chi connectivity index (χ4v) is 2.33. The van der Waals surface area contributed by atoms with Crippen molar-refractivity contribution in [3.05, 3.63) is 64.7 Å². The van der Waals surface area contributed by atoms with Gasteiger partial charge in [-0.1, -0.05) is 35.9 Å². The van der Waals surface area contributed by atoms with Crippen molar-refractivity contribution < 1.29 is 0 Å². The molecule has 1 atom stereocenters. The highest BCUT2D eigenvalue weighted by molar-refractivity contribution is 6.30. The van der Waals surface area contributed by atoms with Crippen LogP contribution in [0.4, 0.5) is 5.69 Å². The summed E-state index contributed by atoms with van der Waals surface area (Å²) in [6.45, 7) is 3.03. The van der Waals surface area contributed by atoms with Crippen LogP contribution in [0.3, 0.4) is 0 Å². The van der Waals surface area contributed by atoms with Crippen molar-refractivity contribution in [1.82, 2.24) is 0 Å². The molecule has 0 aromatic heterocycles. The third kappa shape index (κ3) is 3.99. The summed E-state index contributed by atoms with van der Waals surface area (Å²) in [5, 5.41) is 0.748. The summed E-state index contributed by atoms with van der Waals surface area (Å²) >= 11 is 5.89. The quantitative estimate of drug-likeness (QED) is 0.894. The van der Waals surface area contributed by atoms with E-state index in [0.29, 0.717) is 0 Å². The number of nitrogens with zero attached hydrogens (tertiary/aromatic N) is 1. The molecule has 0 amide bonds. The molecule has 0 aliphatic heterocycles. The first-order valence-corrected chi connectivity index (χ1v) is 7.23. The van der Waals surface area contributed by atoms with Crippen LogP contribution < -0.4 is 10.6 Å². The van der Waals surface area contributed by atoms with Crippen molar-refractivity contribution in [3.63, 3.8) is 0 Å². The Bertz CT molecular complexity index is 551. The van der Waals surface area contributed by atoms with Gasteiger partial charge in [0.1, 0.15) is 0 Å². The Labute approximate surface area is 126 Å². The molecule has 0 aliphatic carbocycles. The fraction of sp³-hybridized carbons (Fsp3) is 0.294. The fourth-order valence-electron chi connectivity index (χ4n) is 2.20. The van der Waals surface area contributed by atoms with Crippen LogP contribution in [0.2, 0.25) is 5.02 Å². The molecule has 106 valence electrons. The molecule has 3 heteroatoms. The Hall–Kier alpha value is -1.51. The maximum Gasteiger partial charge on any atom is 0.0406 e. The van der Waals surface area contributed by atoms with E-state index in [1.165, 1.54) is 11.3 Å². The van der Waals surface area contributed by atoms with E-state index >= 15 is 0 Å². The number of halogens is 1. The van der Waals surface area contributed by atoms with Crippen LogP contribution in [0, 0.1) is 6.92 Å². The Morgan fingerprint density at radius 2 is 1.85 bits per heavy atom. The lowest BCUT2D eigenvalue weighted by Crippen LogP contribution is -2.23. The maximum atomic E-state index is 6.23. The number of benzene rings is 2. The lowest BCUT2D eigenvalue weighted by atomic mass is 10.0. The van der Waals surface area contributed by atoms with E-state index in [-0.39, 0.29) is 6.04 Å². The second kappa shape index (κ2) is 6.78. The third-order valence-electron chi connectivity index (χ3n) is 3.52. The molecule has 0 saturated heterocycles. The van der Waals surface area contributed by atoms with E-state index in [4.69, 9.17) is 17.3 Å². The molecule has 0 bridgehead atoms. The second-order valence-corrected chi connectivity index (χ2v) is 5.64. The van der Waals surface area contributed by atoms with Crippen LogP contribution in [0.25, 0.3) is 0 Å². The highest BCUT2D eigenvalue weighted by Crippen LogP contribution is 2.19. The van der Waals surface area contributed by atoms with Gasteiger partial charge in [-0.3, -0.25) is 0 Å². The molecule has 1 unspecified atom stereocenters. The van der Waals surface area contributed by atoms with Gasteiger partial charge in [-0.05, 0) is 48.7 Å². The molecule has 2 nitrogen and oxygen atoms in total. The van der Waals surface area contributed by atoms with E-state index in [9.17, 15) is 0 Å². The van der Waals surface area contributed by atoms with E-state index in [0.717, 1.165) is 23.6 Å². The molecule has 20 heavy (non-hydrogen) atoms. The molecular weight excluding hydrogens is 268 g/mol. The van der Waals surface area contributed by atoms with Gasteiger partial charge in [0.2, 0.25) is 0 Å². The Morgan fingerprint density at radius 3 is 2.50 bits per heavy atom. The topological polar surface area (TPSA) is 29.3 Å². The monoisotopic (exact) mass is 288 g/mol. The third-order valence-corrected chi connectivity index (χ3v) is 3.77. The zero-order valence-electron chi connectivity index (χ0n) is 12.0. The van der Waals surface area contributed by atoms with Gasteiger partial charge in [0.25, 0.3) is 0 Å². The van der Waals surface area contributed by atoms with Crippen LogP contribution in [0.1, 0.15) is 23.6 Å². The highest BCUT2D eigenvalue weighted by Gasteiger charge is 2.08. The molecule has 2 rings (SSSR count). The molecule has 0 spiro atoms. The minimum absolute atomic E-state index is 0.0412. The molecule has 0 fully saturated rings. The molecule has 0 saturated carbocycles. The van der Waals surface area contributed by atoms with Gasteiger partial charge in [0, 0.05) is 30.3 Å². The van der Waals surface area contributed by atoms with Crippen molar-refractivity contribution in [1.29, 1.82) is 0 Å². The summed E-state index contributed by atoms with van der Waals surface area (Å²) in [4.78, 5) is 2.24. The van der Waals surface area contributed by atoms with Crippen LogP contribution in [-0.4, -0.2) is 13.6 Å². The Kier molecular flexibility index (Phi) is 5.05. The maximum absolute atomic E-state index is 6.23. The van der Waals surface area contributed by atoms with E-state index in [1.807, 2.05) is 24.3 Å². The first kappa shape index (κ1) is 14.9. The average Bonchev–Trinajstić information content (AvgIpc) is 2.45. The second-order valence-electron chi connectivity index (χ2n) is 5.21. The predicted molar refractivity (Wildman–Crippen MR) is 87.4 cm³/mol. The SMILES string of the molecule is Cc1cccc(N(C)CCC(N)c2ccc(Cl)cc2)c1. The van der Waals surface area contributed by atoms with Crippen molar-refractivity contribution >= 4 is 17.3 Å². The van der Waals surface area contributed by atoms with Gasteiger partial charge in [-0.25, -0.2) is 0 Å². The normalized spacial score (nSPS) is 12.2. The zero-order chi connectivity index (χ0) is 14.5. The molecule has 0 heterocycles. The van der Waals surface area contributed by atoms with Crippen molar-refractivity contribution in [3.8, 4) is 0 Å². The lowest BCUT2D eigenvalue weighted by Gasteiger charge is -2.22. The van der Waals surface area contributed by atoms with Gasteiger partial charge in [-0.15, -0.1) is 0 Å². The summed E-state index contributed by atoms with van der Waals surface area (Å²) in [6.07, 6.45) is 0.909. The van der Waals surface area contributed by atoms with Gasteiger partial charge in [0.05, 0.1) is 0 Å². The first-order valence-electron chi connectivity index (χ1n) is 6.85. The van der Waals surface area contributed by atoms with Crippen LogP contribution in [0.5, 0.6) is 0 Å². The van der Waals surface area contributed by atoms with E-state index < -0.39 is 0 Å². The van der Waals surface area contributed by atoms with Gasteiger partial charge >= 0.3 is 0 Å². The summed E-state index contributed by atoms with van der Waals surface area (Å²) in [7, 11) is 2.10. The average molecular weight is 289 g/mol. The summed E-state index contributed by atoms with van der Waals surface area (Å²) < 4.78 is 0. The number of aryl methyl sites for hydroxylation is 1. The number of hydrogen-bond acceptors (Lipinski definition) is 2. The smallest absolute Gasteiger partial charge is 0.0406 e. The minimum atomic E-state index is 0.0412. The van der Waals surface area contributed by atoms with Gasteiger partial charge < -0.3 is 10.6 Å². The highest BCUT2D eigenvalue weighted by atomic mass is 35.5. The van der Waals surface area contributed by atoms with Crippen molar-refractivity contribution in [2.45, 2.75) is 19.4 Å². The first-order chi connectivity index (χ1) is 9.56. The Balaban J connectivity index is 1.93. The Morgan fingerprint density at radius 1 is 1.15 bits per heavy atom. The predicted octanol–water partition coefficient (Wildman–Crippen LogP) is 4.17. The molecule has 2 aromatic carbocycles.